The number of sulfonamides is 1. The predicted octanol–water partition coefficient (Wildman–Crippen LogP) is 5.89. The van der Waals surface area contributed by atoms with Crippen molar-refractivity contribution in [3.05, 3.63) is 89.3 Å². The van der Waals surface area contributed by atoms with Crippen LogP contribution in [0.3, 0.4) is 0 Å². The Morgan fingerprint density at radius 3 is 2.34 bits per heavy atom. The number of benzene rings is 3. The Kier molecular flexibility index (Phi) is 5.22. The fourth-order valence-corrected chi connectivity index (χ4v) is 4.93. The summed E-state index contributed by atoms with van der Waals surface area (Å²) in [4.78, 5) is 4.96. The molecule has 1 heterocycles. The zero-order chi connectivity index (χ0) is 20.4. The van der Waals surface area contributed by atoms with Gasteiger partial charge in [-0.15, -0.1) is 11.3 Å². The highest BCUT2D eigenvalue weighted by atomic mass is 32.2. The van der Waals surface area contributed by atoms with Crippen LogP contribution in [-0.4, -0.2) is 13.4 Å². The average Bonchev–Trinajstić information content (AvgIpc) is 3.21. The SMILES string of the molecule is Cc1ccc(S(=O)(=O)Nc2cccc(-c3csc(-c4ccccc4)n3)c2)cc1C. The highest BCUT2D eigenvalue weighted by Gasteiger charge is 2.15. The Morgan fingerprint density at radius 1 is 0.828 bits per heavy atom. The Bertz CT molecular complexity index is 1260. The number of hydrogen-bond donors (Lipinski definition) is 1. The first-order valence-electron chi connectivity index (χ1n) is 9.14. The van der Waals surface area contributed by atoms with E-state index in [0.29, 0.717) is 5.69 Å². The van der Waals surface area contributed by atoms with Gasteiger partial charge in [-0.2, -0.15) is 0 Å². The van der Waals surface area contributed by atoms with Crippen LogP contribution in [0, 0.1) is 13.8 Å². The van der Waals surface area contributed by atoms with Crippen molar-refractivity contribution in [3.63, 3.8) is 0 Å². The molecule has 0 fully saturated rings. The largest absolute Gasteiger partial charge is 0.280 e. The van der Waals surface area contributed by atoms with Crippen molar-refractivity contribution >= 4 is 27.0 Å². The Labute approximate surface area is 175 Å². The third-order valence-electron chi connectivity index (χ3n) is 4.72. The van der Waals surface area contributed by atoms with Crippen LogP contribution < -0.4 is 4.72 Å². The van der Waals surface area contributed by atoms with Gasteiger partial charge in [-0.25, -0.2) is 13.4 Å². The minimum Gasteiger partial charge on any atom is -0.280 e. The average molecular weight is 421 g/mol. The molecule has 0 aliphatic rings. The van der Waals surface area contributed by atoms with Gasteiger partial charge >= 0.3 is 0 Å². The number of thiazole rings is 1. The van der Waals surface area contributed by atoms with E-state index < -0.39 is 10.0 Å². The Hall–Kier alpha value is -2.96. The highest BCUT2D eigenvalue weighted by molar-refractivity contribution is 7.92. The first kappa shape index (κ1) is 19.4. The maximum Gasteiger partial charge on any atom is 0.261 e. The molecule has 0 unspecified atom stereocenters. The minimum absolute atomic E-state index is 0.256. The number of anilines is 1. The van der Waals surface area contributed by atoms with E-state index in [1.807, 2.05) is 73.8 Å². The molecule has 0 amide bonds. The van der Waals surface area contributed by atoms with Crippen molar-refractivity contribution in [2.45, 2.75) is 18.7 Å². The van der Waals surface area contributed by atoms with Gasteiger partial charge in [0.1, 0.15) is 5.01 Å². The van der Waals surface area contributed by atoms with E-state index in [1.54, 1.807) is 29.5 Å². The first-order valence-corrected chi connectivity index (χ1v) is 11.5. The lowest BCUT2D eigenvalue weighted by molar-refractivity contribution is 0.601. The molecule has 4 nitrogen and oxygen atoms in total. The van der Waals surface area contributed by atoms with Gasteiger partial charge in [-0.05, 0) is 49.2 Å². The minimum atomic E-state index is -3.66. The van der Waals surface area contributed by atoms with Crippen molar-refractivity contribution in [1.82, 2.24) is 4.98 Å². The highest BCUT2D eigenvalue weighted by Crippen LogP contribution is 2.30. The molecule has 146 valence electrons. The topological polar surface area (TPSA) is 59.1 Å². The summed E-state index contributed by atoms with van der Waals surface area (Å²) in [5, 5.41) is 2.92. The summed E-state index contributed by atoms with van der Waals surface area (Å²) in [6.07, 6.45) is 0. The second kappa shape index (κ2) is 7.81. The van der Waals surface area contributed by atoms with Crippen molar-refractivity contribution < 1.29 is 8.42 Å². The summed E-state index contributed by atoms with van der Waals surface area (Å²) in [6.45, 7) is 3.86. The summed E-state index contributed by atoms with van der Waals surface area (Å²) < 4.78 is 28.2. The number of hydrogen-bond acceptors (Lipinski definition) is 4. The van der Waals surface area contributed by atoms with Gasteiger partial charge in [-0.3, -0.25) is 4.72 Å². The number of nitrogens with zero attached hydrogens (tertiary/aromatic N) is 1. The second-order valence-corrected chi connectivity index (χ2v) is 9.38. The smallest absolute Gasteiger partial charge is 0.261 e. The van der Waals surface area contributed by atoms with Crippen molar-refractivity contribution in [2.24, 2.45) is 0 Å². The van der Waals surface area contributed by atoms with E-state index in [0.717, 1.165) is 33.0 Å². The summed E-state index contributed by atoms with van der Waals surface area (Å²) in [6, 6.07) is 22.4. The van der Waals surface area contributed by atoms with E-state index in [4.69, 9.17) is 4.98 Å². The number of rotatable bonds is 5. The monoisotopic (exact) mass is 420 g/mol. The zero-order valence-electron chi connectivity index (χ0n) is 16.1. The van der Waals surface area contributed by atoms with Gasteiger partial charge in [-0.1, -0.05) is 48.5 Å². The number of aromatic nitrogens is 1. The van der Waals surface area contributed by atoms with Crippen LogP contribution in [0.25, 0.3) is 21.8 Å². The van der Waals surface area contributed by atoms with Gasteiger partial charge in [0.25, 0.3) is 10.0 Å². The molecule has 3 aromatic carbocycles. The van der Waals surface area contributed by atoms with E-state index in [-0.39, 0.29) is 4.90 Å². The fraction of sp³-hybridized carbons (Fsp3) is 0.0870. The molecule has 0 aliphatic heterocycles. The molecule has 0 atom stereocenters. The molecule has 0 aliphatic carbocycles. The lowest BCUT2D eigenvalue weighted by atomic mass is 10.1. The third kappa shape index (κ3) is 4.23. The molecule has 0 bridgehead atoms. The summed E-state index contributed by atoms with van der Waals surface area (Å²) in [7, 11) is -3.66. The molecule has 0 saturated carbocycles. The van der Waals surface area contributed by atoms with Crippen LogP contribution in [0.4, 0.5) is 5.69 Å². The molecule has 4 aromatic rings. The van der Waals surface area contributed by atoms with Gasteiger partial charge in [0.2, 0.25) is 0 Å². The molecule has 4 rings (SSSR count). The van der Waals surface area contributed by atoms with E-state index in [9.17, 15) is 8.42 Å². The Balaban J connectivity index is 1.61. The van der Waals surface area contributed by atoms with E-state index in [2.05, 4.69) is 4.72 Å². The maximum atomic E-state index is 12.8. The molecule has 0 radical (unpaired) electrons. The third-order valence-corrected chi connectivity index (χ3v) is 6.99. The number of nitrogens with one attached hydrogen (secondary N) is 1. The molecule has 1 N–H and O–H groups in total. The molecular formula is C23H20N2O2S2. The molecule has 0 saturated heterocycles. The van der Waals surface area contributed by atoms with E-state index >= 15 is 0 Å². The fourth-order valence-electron chi connectivity index (χ4n) is 2.96. The van der Waals surface area contributed by atoms with Crippen molar-refractivity contribution in [3.8, 4) is 21.8 Å². The van der Waals surface area contributed by atoms with Crippen LogP contribution >= 0.6 is 11.3 Å². The van der Waals surface area contributed by atoms with E-state index in [1.165, 1.54) is 0 Å². The predicted molar refractivity (Wildman–Crippen MR) is 120 cm³/mol. The van der Waals surface area contributed by atoms with Crippen LogP contribution in [0.2, 0.25) is 0 Å². The molecule has 6 heteroatoms. The maximum absolute atomic E-state index is 12.8. The van der Waals surface area contributed by atoms with Gasteiger partial charge in [0, 0.05) is 22.2 Å². The zero-order valence-corrected chi connectivity index (χ0v) is 17.7. The van der Waals surface area contributed by atoms with Crippen LogP contribution in [0.5, 0.6) is 0 Å². The normalized spacial score (nSPS) is 11.4. The first-order chi connectivity index (χ1) is 13.9. The molecule has 0 spiro atoms. The molecule has 1 aromatic heterocycles. The number of aryl methyl sites for hydroxylation is 2. The van der Waals surface area contributed by atoms with Gasteiger partial charge in [0.15, 0.2) is 0 Å². The van der Waals surface area contributed by atoms with Gasteiger partial charge < -0.3 is 0 Å². The summed E-state index contributed by atoms with van der Waals surface area (Å²) in [5.41, 5.74) is 5.26. The Morgan fingerprint density at radius 2 is 1.59 bits per heavy atom. The van der Waals surface area contributed by atoms with Crippen LogP contribution in [0.15, 0.2) is 83.1 Å². The standard InChI is InChI=1S/C23H20N2O2S2/c1-16-11-12-21(13-17(16)2)29(26,27)25-20-10-6-9-19(14-20)22-15-28-23(24-22)18-7-4-3-5-8-18/h3-15,25H,1-2H3. The second-order valence-electron chi connectivity index (χ2n) is 6.84. The van der Waals surface area contributed by atoms with Crippen LogP contribution in [0.1, 0.15) is 11.1 Å². The molecule has 29 heavy (non-hydrogen) atoms. The quantitative estimate of drug-likeness (QED) is 0.438. The van der Waals surface area contributed by atoms with Crippen molar-refractivity contribution in [1.29, 1.82) is 0 Å². The van der Waals surface area contributed by atoms with Crippen molar-refractivity contribution in [2.75, 3.05) is 4.72 Å². The lowest BCUT2D eigenvalue weighted by Gasteiger charge is -2.10. The van der Waals surface area contributed by atoms with Gasteiger partial charge in [0.05, 0.1) is 10.6 Å². The lowest BCUT2D eigenvalue weighted by Crippen LogP contribution is -2.13. The summed E-state index contributed by atoms with van der Waals surface area (Å²) >= 11 is 1.57. The van der Waals surface area contributed by atoms with Crippen LogP contribution in [-0.2, 0) is 10.0 Å². The summed E-state index contributed by atoms with van der Waals surface area (Å²) in [5.74, 6) is 0. The molecular weight excluding hydrogens is 400 g/mol.